The van der Waals surface area contributed by atoms with Crippen molar-refractivity contribution >= 4 is 12.4 Å². The van der Waals surface area contributed by atoms with E-state index in [4.69, 9.17) is 0 Å². The highest BCUT2D eigenvalue weighted by Gasteiger charge is 2.13. The van der Waals surface area contributed by atoms with Gasteiger partial charge in [-0.15, -0.1) is 12.4 Å². The summed E-state index contributed by atoms with van der Waals surface area (Å²) < 4.78 is 23.5. The lowest BCUT2D eigenvalue weighted by molar-refractivity contribution is 0.0822. The van der Waals surface area contributed by atoms with Gasteiger partial charge in [-0.05, 0) is 0 Å². The molecule has 0 radical (unpaired) electrons. The molecule has 0 aromatic rings. The van der Waals surface area contributed by atoms with Crippen molar-refractivity contribution < 1.29 is 8.78 Å². The van der Waals surface area contributed by atoms with Gasteiger partial charge in [-0.1, -0.05) is 0 Å². The van der Waals surface area contributed by atoms with E-state index in [1.807, 2.05) is 0 Å². The molecule has 1 aliphatic heterocycles. The average Bonchev–Trinajstić information content (AvgIpc) is 1.88. The fourth-order valence-corrected chi connectivity index (χ4v) is 1.09. The summed E-state index contributed by atoms with van der Waals surface area (Å²) in [6, 6.07) is 0. The molecule has 1 aliphatic rings. The van der Waals surface area contributed by atoms with Crippen molar-refractivity contribution in [3.8, 4) is 0 Å². The van der Waals surface area contributed by atoms with Crippen molar-refractivity contribution in [1.29, 1.82) is 0 Å². The minimum Gasteiger partial charge on any atom is -0.314 e. The third kappa shape index (κ3) is 4.50. The molecule has 0 bridgehead atoms. The van der Waals surface area contributed by atoms with Crippen LogP contribution in [-0.2, 0) is 0 Å². The third-order valence-electron chi connectivity index (χ3n) is 1.61. The first-order valence-corrected chi connectivity index (χ1v) is 3.50. The summed E-state index contributed by atoms with van der Waals surface area (Å²) in [5, 5.41) is 3.10. The van der Waals surface area contributed by atoms with Crippen LogP contribution in [0.1, 0.15) is 0 Å². The Morgan fingerprint density at radius 3 is 2.27 bits per heavy atom. The summed E-state index contributed by atoms with van der Waals surface area (Å²) in [5.74, 6) is 0. The van der Waals surface area contributed by atoms with Crippen molar-refractivity contribution in [2.24, 2.45) is 0 Å². The quantitative estimate of drug-likeness (QED) is 0.679. The number of hydrogen-bond donors (Lipinski definition) is 1. The Labute approximate surface area is 71.4 Å². The smallest absolute Gasteiger partial charge is 0.251 e. The summed E-state index contributed by atoms with van der Waals surface area (Å²) in [6.07, 6.45) is -2.18. The van der Waals surface area contributed by atoms with Crippen molar-refractivity contribution in [2.75, 3.05) is 32.7 Å². The fraction of sp³-hybridized carbons (Fsp3) is 1.00. The molecule has 0 saturated carbocycles. The Hall–Kier alpha value is 0.0700. The largest absolute Gasteiger partial charge is 0.314 e. The van der Waals surface area contributed by atoms with Gasteiger partial charge in [0.2, 0.25) is 0 Å². The van der Waals surface area contributed by atoms with Gasteiger partial charge in [-0.3, -0.25) is 4.90 Å². The SMILES string of the molecule is Cl.FC(F)CN1CCNCC1. The monoisotopic (exact) mass is 186 g/mol. The molecular formula is C6H13ClF2N2. The molecule has 0 amide bonds. The second-order valence-corrected chi connectivity index (χ2v) is 2.44. The Kier molecular flexibility index (Phi) is 5.72. The molecule has 68 valence electrons. The second kappa shape index (κ2) is 5.69. The van der Waals surface area contributed by atoms with Gasteiger partial charge in [-0.25, -0.2) is 8.78 Å². The lowest BCUT2D eigenvalue weighted by atomic mass is 10.4. The predicted molar refractivity (Wildman–Crippen MR) is 42.6 cm³/mol. The van der Waals surface area contributed by atoms with E-state index in [1.165, 1.54) is 0 Å². The van der Waals surface area contributed by atoms with E-state index in [0.29, 0.717) is 0 Å². The number of piperazine rings is 1. The first-order valence-electron chi connectivity index (χ1n) is 3.50. The Morgan fingerprint density at radius 2 is 1.82 bits per heavy atom. The minimum atomic E-state index is -2.18. The van der Waals surface area contributed by atoms with Gasteiger partial charge in [0.1, 0.15) is 0 Å². The van der Waals surface area contributed by atoms with E-state index in [-0.39, 0.29) is 19.0 Å². The molecule has 1 saturated heterocycles. The van der Waals surface area contributed by atoms with Gasteiger partial charge in [0.05, 0.1) is 6.54 Å². The lowest BCUT2D eigenvalue weighted by Gasteiger charge is -2.26. The zero-order valence-corrected chi connectivity index (χ0v) is 7.04. The van der Waals surface area contributed by atoms with E-state index in [1.54, 1.807) is 4.90 Å². The fourth-order valence-electron chi connectivity index (χ4n) is 1.09. The van der Waals surface area contributed by atoms with Crippen LogP contribution in [0.5, 0.6) is 0 Å². The molecule has 2 nitrogen and oxygen atoms in total. The minimum absolute atomic E-state index is 0. The van der Waals surface area contributed by atoms with Crippen molar-refractivity contribution in [3.63, 3.8) is 0 Å². The van der Waals surface area contributed by atoms with Crippen molar-refractivity contribution in [2.45, 2.75) is 6.43 Å². The molecule has 0 aromatic carbocycles. The molecule has 0 spiro atoms. The zero-order valence-electron chi connectivity index (χ0n) is 6.22. The Bertz CT molecular complexity index is 96.6. The van der Waals surface area contributed by atoms with Crippen LogP contribution < -0.4 is 5.32 Å². The number of nitrogens with zero attached hydrogens (tertiary/aromatic N) is 1. The zero-order chi connectivity index (χ0) is 7.40. The van der Waals surface area contributed by atoms with Crippen LogP contribution in [0.15, 0.2) is 0 Å². The summed E-state index contributed by atoms with van der Waals surface area (Å²) >= 11 is 0. The third-order valence-corrected chi connectivity index (χ3v) is 1.61. The number of rotatable bonds is 2. The normalized spacial score (nSPS) is 19.9. The summed E-state index contributed by atoms with van der Waals surface area (Å²) in [7, 11) is 0. The standard InChI is InChI=1S/C6H12F2N2.ClH/c7-6(8)5-10-3-1-9-2-4-10;/h6,9H,1-5H2;1H. The summed E-state index contributed by atoms with van der Waals surface area (Å²) in [5.41, 5.74) is 0. The highest BCUT2D eigenvalue weighted by atomic mass is 35.5. The lowest BCUT2D eigenvalue weighted by Crippen LogP contribution is -2.45. The van der Waals surface area contributed by atoms with E-state index in [9.17, 15) is 8.78 Å². The van der Waals surface area contributed by atoms with Gasteiger partial charge in [0, 0.05) is 26.2 Å². The van der Waals surface area contributed by atoms with Gasteiger partial charge in [-0.2, -0.15) is 0 Å². The number of halogens is 3. The van der Waals surface area contributed by atoms with Crippen LogP contribution >= 0.6 is 12.4 Å². The number of hydrogen-bond acceptors (Lipinski definition) is 2. The Morgan fingerprint density at radius 1 is 1.27 bits per heavy atom. The molecule has 0 aromatic heterocycles. The highest BCUT2D eigenvalue weighted by Crippen LogP contribution is 1.98. The van der Waals surface area contributed by atoms with E-state index in [0.717, 1.165) is 26.2 Å². The van der Waals surface area contributed by atoms with Crippen LogP contribution in [0.25, 0.3) is 0 Å². The molecule has 11 heavy (non-hydrogen) atoms. The van der Waals surface area contributed by atoms with E-state index < -0.39 is 6.43 Å². The van der Waals surface area contributed by atoms with Gasteiger partial charge in [0.15, 0.2) is 0 Å². The topological polar surface area (TPSA) is 15.3 Å². The van der Waals surface area contributed by atoms with Gasteiger partial charge in [0.25, 0.3) is 6.43 Å². The molecule has 0 aliphatic carbocycles. The maximum atomic E-state index is 11.8. The van der Waals surface area contributed by atoms with Crippen molar-refractivity contribution in [3.05, 3.63) is 0 Å². The predicted octanol–water partition coefficient (Wildman–Crippen LogP) is 0.579. The second-order valence-electron chi connectivity index (χ2n) is 2.44. The molecule has 1 heterocycles. The van der Waals surface area contributed by atoms with Crippen LogP contribution in [0.4, 0.5) is 8.78 Å². The number of nitrogens with one attached hydrogen (secondary N) is 1. The molecule has 1 fully saturated rings. The summed E-state index contributed by atoms with van der Waals surface area (Å²) in [6.45, 7) is 3.12. The molecule has 1 rings (SSSR count). The maximum absolute atomic E-state index is 11.8. The average molecular weight is 187 g/mol. The number of alkyl halides is 2. The molecule has 0 unspecified atom stereocenters. The molecule has 0 atom stereocenters. The van der Waals surface area contributed by atoms with Crippen LogP contribution in [0.2, 0.25) is 0 Å². The van der Waals surface area contributed by atoms with Crippen LogP contribution in [0.3, 0.4) is 0 Å². The van der Waals surface area contributed by atoms with Gasteiger partial charge < -0.3 is 5.32 Å². The van der Waals surface area contributed by atoms with Crippen LogP contribution in [-0.4, -0.2) is 44.0 Å². The van der Waals surface area contributed by atoms with E-state index in [2.05, 4.69) is 5.32 Å². The first kappa shape index (κ1) is 11.1. The van der Waals surface area contributed by atoms with E-state index >= 15 is 0 Å². The summed E-state index contributed by atoms with van der Waals surface area (Å²) in [4.78, 5) is 1.78. The molecule has 1 N–H and O–H groups in total. The molecular weight excluding hydrogens is 174 g/mol. The maximum Gasteiger partial charge on any atom is 0.251 e. The van der Waals surface area contributed by atoms with Gasteiger partial charge >= 0.3 is 0 Å². The highest BCUT2D eigenvalue weighted by molar-refractivity contribution is 5.85. The first-order chi connectivity index (χ1) is 4.79. The van der Waals surface area contributed by atoms with Crippen molar-refractivity contribution in [1.82, 2.24) is 10.2 Å². The molecule has 5 heteroatoms. The Balaban J connectivity index is 0.000001000. The van der Waals surface area contributed by atoms with Crippen LogP contribution in [0, 0.1) is 0 Å².